The van der Waals surface area contributed by atoms with Gasteiger partial charge in [0.15, 0.2) is 0 Å². The van der Waals surface area contributed by atoms with Gasteiger partial charge in [0.25, 0.3) is 0 Å². The van der Waals surface area contributed by atoms with Crippen LogP contribution in [0.15, 0.2) is 61.3 Å². The Balaban J connectivity index is 1.15. The van der Waals surface area contributed by atoms with Gasteiger partial charge in [0.1, 0.15) is 17.8 Å². The quantitative estimate of drug-likeness (QED) is 0.291. The Bertz CT molecular complexity index is 1230. The first kappa shape index (κ1) is 24.3. The average Bonchev–Trinajstić information content (AvgIpc) is 3.65. The summed E-state index contributed by atoms with van der Waals surface area (Å²) in [5, 5.41) is 12.4. The van der Waals surface area contributed by atoms with Crippen LogP contribution < -0.4 is 15.5 Å². The maximum atomic E-state index is 4.60. The van der Waals surface area contributed by atoms with E-state index >= 15 is 0 Å². The lowest BCUT2D eigenvalue weighted by molar-refractivity contribution is 0.476. The van der Waals surface area contributed by atoms with Crippen LogP contribution in [0.25, 0.3) is 11.0 Å². The number of benzene rings is 1. The smallest absolute Gasteiger partial charge is 0.145 e. The number of aromatic nitrogens is 5. The molecule has 36 heavy (non-hydrogen) atoms. The Labute approximate surface area is 213 Å². The molecule has 2 N–H and O–H groups in total. The largest absolute Gasteiger partial charge is 0.372 e. The van der Waals surface area contributed by atoms with Crippen LogP contribution in [0.5, 0.6) is 0 Å². The van der Waals surface area contributed by atoms with Crippen molar-refractivity contribution in [3.63, 3.8) is 0 Å². The zero-order valence-electron chi connectivity index (χ0n) is 21.5. The van der Waals surface area contributed by atoms with Crippen LogP contribution in [0, 0.1) is 5.92 Å². The van der Waals surface area contributed by atoms with E-state index in [4.69, 9.17) is 0 Å². The van der Waals surface area contributed by atoms with E-state index in [9.17, 15) is 0 Å². The maximum absolute atomic E-state index is 4.60. The molecule has 8 nitrogen and oxygen atoms in total. The van der Waals surface area contributed by atoms with Gasteiger partial charge in [-0.1, -0.05) is 30.3 Å². The summed E-state index contributed by atoms with van der Waals surface area (Å²) in [4.78, 5) is 11.5. The number of hydrogen-bond donors (Lipinski definition) is 2. The van der Waals surface area contributed by atoms with E-state index < -0.39 is 0 Å². The van der Waals surface area contributed by atoms with Crippen LogP contribution in [0.4, 0.5) is 11.5 Å². The van der Waals surface area contributed by atoms with Crippen LogP contribution in [0.3, 0.4) is 0 Å². The zero-order chi connectivity index (χ0) is 24.7. The van der Waals surface area contributed by atoms with Crippen molar-refractivity contribution in [1.29, 1.82) is 0 Å². The summed E-state index contributed by atoms with van der Waals surface area (Å²) in [5.74, 6) is 1.55. The second-order valence-electron chi connectivity index (χ2n) is 9.92. The Hall–Kier alpha value is -3.39. The molecular weight excluding hydrogens is 448 g/mol. The monoisotopic (exact) mass is 486 g/mol. The van der Waals surface area contributed by atoms with E-state index in [0.29, 0.717) is 12.0 Å². The molecule has 8 heteroatoms. The van der Waals surface area contributed by atoms with Crippen LogP contribution in [-0.4, -0.2) is 57.5 Å². The van der Waals surface area contributed by atoms with Gasteiger partial charge < -0.3 is 20.1 Å². The van der Waals surface area contributed by atoms with Crippen molar-refractivity contribution < 1.29 is 0 Å². The predicted molar refractivity (Wildman–Crippen MR) is 147 cm³/mol. The van der Waals surface area contributed by atoms with Crippen LogP contribution >= 0.6 is 0 Å². The minimum Gasteiger partial charge on any atom is -0.372 e. The van der Waals surface area contributed by atoms with Gasteiger partial charge in [-0.2, -0.15) is 5.10 Å². The van der Waals surface area contributed by atoms with Crippen molar-refractivity contribution in [2.24, 2.45) is 13.0 Å². The first-order valence-electron chi connectivity index (χ1n) is 13.2. The highest BCUT2D eigenvalue weighted by Gasteiger charge is 2.29. The molecular formula is C28H38N8. The van der Waals surface area contributed by atoms with Gasteiger partial charge in [-0.15, -0.1) is 0 Å². The van der Waals surface area contributed by atoms with E-state index in [-0.39, 0.29) is 0 Å². The van der Waals surface area contributed by atoms with E-state index in [2.05, 4.69) is 84.0 Å². The van der Waals surface area contributed by atoms with Crippen molar-refractivity contribution >= 4 is 22.5 Å². The van der Waals surface area contributed by atoms with E-state index in [1.165, 1.54) is 30.5 Å². The zero-order valence-corrected chi connectivity index (χ0v) is 21.5. The minimum absolute atomic E-state index is 0.488. The molecule has 0 bridgehead atoms. The second-order valence-corrected chi connectivity index (χ2v) is 9.92. The first-order valence-corrected chi connectivity index (χ1v) is 13.2. The molecule has 4 aromatic rings. The number of fused-ring (bicyclic) bond motifs is 1. The fourth-order valence-corrected chi connectivity index (χ4v) is 5.54. The third kappa shape index (κ3) is 5.70. The molecule has 1 fully saturated rings. The molecule has 1 aliphatic rings. The van der Waals surface area contributed by atoms with Gasteiger partial charge in [-0.05, 0) is 62.7 Å². The van der Waals surface area contributed by atoms with Crippen molar-refractivity contribution in [1.82, 2.24) is 29.6 Å². The standard InChI is InChI=1S/C28H38N8/c1-29-27-26-12-16-36(28(26)32-21-31-27)24-10-9-23(17-24)19-35(25-18-33-34(2)20-25)15-6-13-30-14-11-22-7-4-3-5-8-22/h3-5,7-8,12,16,18,20-21,23-24,30H,6,9-11,13-15,17,19H2,1-2H3,(H,29,31,32). The molecule has 0 spiro atoms. The number of hydrogen-bond acceptors (Lipinski definition) is 6. The molecule has 2 atom stereocenters. The van der Waals surface area contributed by atoms with Gasteiger partial charge in [-0.25, -0.2) is 9.97 Å². The highest BCUT2D eigenvalue weighted by atomic mass is 15.3. The third-order valence-corrected chi connectivity index (χ3v) is 7.40. The van der Waals surface area contributed by atoms with Crippen molar-refractivity contribution in [2.75, 3.05) is 43.4 Å². The molecule has 0 radical (unpaired) electrons. The average molecular weight is 487 g/mol. The molecule has 0 saturated heterocycles. The number of nitrogens with one attached hydrogen (secondary N) is 2. The van der Waals surface area contributed by atoms with Crippen LogP contribution in [-0.2, 0) is 13.5 Å². The van der Waals surface area contributed by atoms with E-state index in [1.807, 2.05) is 25.0 Å². The Morgan fingerprint density at radius 3 is 2.78 bits per heavy atom. The van der Waals surface area contributed by atoms with Crippen LogP contribution in [0.2, 0.25) is 0 Å². The predicted octanol–water partition coefficient (Wildman–Crippen LogP) is 4.28. The molecule has 1 saturated carbocycles. The molecule has 2 unspecified atom stereocenters. The molecule has 1 aromatic carbocycles. The third-order valence-electron chi connectivity index (χ3n) is 7.40. The van der Waals surface area contributed by atoms with Crippen molar-refractivity contribution in [2.45, 2.75) is 38.1 Å². The topological polar surface area (TPSA) is 75.8 Å². The molecule has 1 aliphatic carbocycles. The fourth-order valence-electron chi connectivity index (χ4n) is 5.54. The van der Waals surface area contributed by atoms with Gasteiger partial charge in [0.05, 0.1) is 17.3 Å². The Kier molecular flexibility index (Phi) is 7.81. The molecule has 190 valence electrons. The lowest BCUT2D eigenvalue weighted by Gasteiger charge is -2.27. The minimum atomic E-state index is 0.488. The van der Waals surface area contributed by atoms with Gasteiger partial charge >= 0.3 is 0 Å². The summed E-state index contributed by atoms with van der Waals surface area (Å²) in [6.45, 7) is 4.16. The number of nitrogens with zero attached hydrogens (tertiary/aromatic N) is 6. The molecule has 3 heterocycles. The fraction of sp³-hybridized carbons (Fsp3) is 0.464. The van der Waals surface area contributed by atoms with E-state index in [0.717, 1.165) is 55.9 Å². The SMILES string of the molecule is CNc1ncnc2c1ccn2C1CCC(CN(CCCNCCc2ccccc2)c2cnn(C)c2)C1. The maximum Gasteiger partial charge on any atom is 0.145 e. The number of aryl methyl sites for hydroxylation is 1. The summed E-state index contributed by atoms with van der Waals surface area (Å²) < 4.78 is 4.27. The number of anilines is 2. The summed E-state index contributed by atoms with van der Waals surface area (Å²) in [7, 11) is 3.91. The lowest BCUT2D eigenvalue weighted by atomic mass is 10.1. The Morgan fingerprint density at radius 2 is 1.97 bits per heavy atom. The summed E-state index contributed by atoms with van der Waals surface area (Å²) in [5.41, 5.74) is 3.65. The van der Waals surface area contributed by atoms with Crippen molar-refractivity contribution in [3.8, 4) is 0 Å². The highest BCUT2D eigenvalue weighted by Crippen LogP contribution is 2.38. The lowest BCUT2D eigenvalue weighted by Crippen LogP contribution is -2.32. The van der Waals surface area contributed by atoms with E-state index in [1.54, 1.807) is 6.33 Å². The summed E-state index contributed by atoms with van der Waals surface area (Å²) >= 11 is 0. The molecule has 3 aromatic heterocycles. The van der Waals surface area contributed by atoms with Crippen molar-refractivity contribution in [3.05, 3.63) is 66.9 Å². The highest BCUT2D eigenvalue weighted by molar-refractivity contribution is 5.87. The first-order chi connectivity index (χ1) is 17.7. The summed E-state index contributed by atoms with van der Waals surface area (Å²) in [6, 6.07) is 13.3. The second kappa shape index (κ2) is 11.6. The normalized spacial score (nSPS) is 17.6. The van der Waals surface area contributed by atoms with Gasteiger partial charge in [-0.3, -0.25) is 4.68 Å². The molecule has 0 aliphatic heterocycles. The number of rotatable bonds is 12. The molecule has 5 rings (SSSR count). The van der Waals surface area contributed by atoms with Gasteiger partial charge in [0, 0.05) is 45.6 Å². The summed E-state index contributed by atoms with van der Waals surface area (Å²) in [6.07, 6.45) is 13.8. The van der Waals surface area contributed by atoms with Gasteiger partial charge in [0.2, 0.25) is 0 Å². The Morgan fingerprint density at radius 1 is 1.08 bits per heavy atom. The molecule has 0 amide bonds. The van der Waals surface area contributed by atoms with Crippen LogP contribution in [0.1, 0.15) is 37.3 Å².